The molecule has 158 valence electrons. The molecule has 1 unspecified atom stereocenters. The fourth-order valence-electron chi connectivity index (χ4n) is 4.23. The summed E-state index contributed by atoms with van der Waals surface area (Å²) in [6.45, 7) is 3.27. The van der Waals surface area contributed by atoms with E-state index in [4.69, 9.17) is 4.74 Å². The summed E-state index contributed by atoms with van der Waals surface area (Å²) in [7, 11) is 0. The fraction of sp³-hybridized carbons (Fsp3) is 0.417. The number of ether oxygens (including phenoxy) is 1. The molecule has 2 amide bonds. The van der Waals surface area contributed by atoms with E-state index in [0.29, 0.717) is 31.0 Å². The first-order valence-corrected chi connectivity index (χ1v) is 10.7. The Bertz CT molecular complexity index is 911. The van der Waals surface area contributed by atoms with Crippen molar-refractivity contribution in [1.82, 2.24) is 9.80 Å². The molecule has 5 nitrogen and oxygen atoms in total. The second-order valence-electron chi connectivity index (χ2n) is 8.08. The zero-order valence-corrected chi connectivity index (χ0v) is 17.1. The van der Waals surface area contributed by atoms with Crippen molar-refractivity contribution in [1.29, 1.82) is 0 Å². The summed E-state index contributed by atoms with van der Waals surface area (Å²) in [6, 6.07) is 13.4. The first-order chi connectivity index (χ1) is 14.6. The van der Waals surface area contributed by atoms with Gasteiger partial charge >= 0.3 is 0 Å². The Morgan fingerprint density at radius 2 is 1.70 bits per heavy atom. The highest BCUT2D eigenvalue weighted by Crippen LogP contribution is 2.23. The molecule has 4 rings (SSSR count). The van der Waals surface area contributed by atoms with Crippen molar-refractivity contribution in [2.45, 2.75) is 25.7 Å². The highest BCUT2D eigenvalue weighted by molar-refractivity contribution is 5.95. The molecule has 0 bridgehead atoms. The minimum Gasteiger partial charge on any atom is -0.493 e. The molecule has 6 heteroatoms. The maximum atomic E-state index is 14.0. The summed E-state index contributed by atoms with van der Waals surface area (Å²) in [4.78, 5) is 28.9. The molecule has 0 spiro atoms. The van der Waals surface area contributed by atoms with Crippen LogP contribution < -0.4 is 4.74 Å². The van der Waals surface area contributed by atoms with E-state index in [9.17, 15) is 14.0 Å². The molecule has 0 aromatic heterocycles. The van der Waals surface area contributed by atoms with Gasteiger partial charge in [-0.2, -0.15) is 0 Å². The van der Waals surface area contributed by atoms with Gasteiger partial charge in [0.1, 0.15) is 11.6 Å². The van der Waals surface area contributed by atoms with Crippen LogP contribution in [0.4, 0.5) is 4.39 Å². The van der Waals surface area contributed by atoms with Crippen molar-refractivity contribution < 1.29 is 18.7 Å². The summed E-state index contributed by atoms with van der Waals surface area (Å²) < 4.78 is 19.9. The van der Waals surface area contributed by atoms with Gasteiger partial charge in [-0.15, -0.1) is 0 Å². The monoisotopic (exact) mass is 410 g/mol. The molecule has 0 radical (unpaired) electrons. The van der Waals surface area contributed by atoms with E-state index >= 15 is 0 Å². The topological polar surface area (TPSA) is 49.9 Å². The van der Waals surface area contributed by atoms with Crippen LogP contribution >= 0.6 is 0 Å². The Labute approximate surface area is 176 Å². The highest BCUT2D eigenvalue weighted by atomic mass is 19.1. The number of halogens is 1. The lowest BCUT2D eigenvalue weighted by Gasteiger charge is -2.32. The maximum Gasteiger partial charge on any atom is 0.256 e. The minimum atomic E-state index is -0.486. The average Bonchev–Trinajstić information content (AvgIpc) is 3.32. The van der Waals surface area contributed by atoms with Crippen molar-refractivity contribution in [2.24, 2.45) is 5.92 Å². The number of hydrogen-bond donors (Lipinski definition) is 0. The Kier molecular flexibility index (Phi) is 6.31. The Hall–Kier alpha value is -2.89. The van der Waals surface area contributed by atoms with Crippen molar-refractivity contribution in [3.63, 3.8) is 0 Å². The maximum absolute atomic E-state index is 14.0. The Morgan fingerprint density at radius 3 is 2.50 bits per heavy atom. The van der Waals surface area contributed by atoms with Crippen LogP contribution in [0.5, 0.6) is 5.75 Å². The van der Waals surface area contributed by atoms with Gasteiger partial charge in [0.05, 0.1) is 12.2 Å². The van der Waals surface area contributed by atoms with E-state index in [-0.39, 0.29) is 23.3 Å². The van der Waals surface area contributed by atoms with E-state index in [2.05, 4.69) is 0 Å². The molecule has 0 saturated carbocycles. The zero-order chi connectivity index (χ0) is 20.9. The SMILES string of the molecule is O=C(c1cccc(OCC2CCCN(C(=O)c3ccccc3F)C2)c1)N1CCCC1. The molecule has 2 aromatic rings. The molecule has 2 heterocycles. The number of carbonyl (C=O) groups is 2. The molecule has 1 atom stereocenters. The second-order valence-corrected chi connectivity index (χ2v) is 8.08. The smallest absolute Gasteiger partial charge is 0.256 e. The van der Waals surface area contributed by atoms with Gasteiger partial charge in [0.2, 0.25) is 0 Å². The number of nitrogens with zero attached hydrogens (tertiary/aromatic N) is 2. The van der Waals surface area contributed by atoms with E-state index in [0.717, 1.165) is 38.8 Å². The lowest BCUT2D eigenvalue weighted by atomic mass is 9.98. The van der Waals surface area contributed by atoms with E-state index < -0.39 is 5.82 Å². The molecule has 0 N–H and O–H groups in total. The lowest BCUT2D eigenvalue weighted by molar-refractivity contribution is 0.0628. The Balaban J connectivity index is 1.35. The lowest BCUT2D eigenvalue weighted by Crippen LogP contribution is -2.41. The van der Waals surface area contributed by atoms with Crippen molar-refractivity contribution in [3.8, 4) is 5.75 Å². The van der Waals surface area contributed by atoms with Crippen LogP contribution in [0, 0.1) is 11.7 Å². The number of rotatable bonds is 5. The van der Waals surface area contributed by atoms with Gasteiger partial charge in [0.15, 0.2) is 0 Å². The second kappa shape index (κ2) is 9.28. The van der Waals surface area contributed by atoms with E-state index in [1.807, 2.05) is 23.1 Å². The molecule has 2 aliphatic heterocycles. The number of piperidine rings is 1. The molecular formula is C24H27FN2O3. The van der Waals surface area contributed by atoms with Crippen LogP contribution in [0.2, 0.25) is 0 Å². The first-order valence-electron chi connectivity index (χ1n) is 10.7. The van der Waals surface area contributed by atoms with Crippen molar-refractivity contribution in [3.05, 3.63) is 65.5 Å². The van der Waals surface area contributed by atoms with Crippen LogP contribution in [-0.2, 0) is 0 Å². The predicted molar refractivity (Wildman–Crippen MR) is 112 cm³/mol. The highest BCUT2D eigenvalue weighted by Gasteiger charge is 2.26. The summed E-state index contributed by atoms with van der Waals surface area (Å²) >= 11 is 0. The van der Waals surface area contributed by atoms with Crippen molar-refractivity contribution >= 4 is 11.8 Å². The third-order valence-electron chi connectivity index (χ3n) is 5.87. The summed E-state index contributed by atoms with van der Waals surface area (Å²) in [5, 5.41) is 0. The minimum absolute atomic E-state index is 0.0530. The molecular weight excluding hydrogens is 383 g/mol. The van der Waals surface area contributed by atoms with Gasteiger partial charge in [-0.3, -0.25) is 9.59 Å². The van der Waals surface area contributed by atoms with Gasteiger partial charge in [-0.25, -0.2) is 4.39 Å². The zero-order valence-electron chi connectivity index (χ0n) is 17.1. The number of likely N-dealkylation sites (tertiary alicyclic amines) is 2. The third kappa shape index (κ3) is 4.64. The molecule has 30 heavy (non-hydrogen) atoms. The summed E-state index contributed by atoms with van der Waals surface area (Å²) in [5.74, 6) is 0.138. The summed E-state index contributed by atoms with van der Waals surface area (Å²) in [5.41, 5.74) is 0.765. The standard InChI is InChI=1S/C24H27FN2O3/c25-22-11-2-1-10-21(22)24(29)27-14-6-7-18(16-27)17-30-20-9-5-8-19(15-20)23(28)26-12-3-4-13-26/h1-2,5,8-11,15,18H,3-4,6-7,12-14,16-17H2. The normalized spacial score (nSPS) is 19.0. The quantitative estimate of drug-likeness (QED) is 0.749. The molecule has 2 fully saturated rings. The number of amides is 2. The van der Waals surface area contributed by atoms with Crippen molar-refractivity contribution in [2.75, 3.05) is 32.8 Å². The average molecular weight is 410 g/mol. The molecule has 2 aliphatic rings. The van der Waals surface area contributed by atoms with Crippen LogP contribution in [-0.4, -0.2) is 54.4 Å². The van der Waals surface area contributed by atoms with Crippen LogP contribution in [0.3, 0.4) is 0 Å². The summed E-state index contributed by atoms with van der Waals surface area (Å²) in [6.07, 6.45) is 3.94. The van der Waals surface area contributed by atoms with Gasteiger partial charge < -0.3 is 14.5 Å². The van der Waals surface area contributed by atoms with Crippen LogP contribution in [0.1, 0.15) is 46.4 Å². The van der Waals surface area contributed by atoms with Crippen LogP contribution in [0.15, 0.2) is 48.5 Å². The molecule has 2 saturated heterocycles. The number of benzene rings is 2. The van der Waals surface area contributed by atoms with Gasteiger partial charge in [-0.1, -0.05) is 18.2 Å². The number of carbonyl (C=O) groups excluding carboxylic acids is 2. The number of hydrogen-bond acceptors (Lipinski definition) is 3. The fourth-order valence-corrected chi connectivity index (χ4v) is 4.23. The van der Waals surface area contributed by atoms with Crippen LogP contribution in [0.25, 0.3) is 0 Å². The van der Waals surface area contributed by atoms with E-state index in [1.165, 1.54) is 12.1 Å². The molecule has 2 aromatic carbocycles. The Morgan fingerprint density at radius 1 is 0.933 bits per heavy atom. The van der Waals surface area contributed by atoms with Gasteiger partial charge in [-0.05, 0) is 56.0 Å². The predicted octanol–water partition coefficient (Wildman–Crippen LogP) is 3.99. The van der Waals surface area contributed by atoms with Gasteiger partial charge in [0, 0.05) is 37.7 Å². The molecule has 0 aliphatic carbocycles. The third-order valence-corrected chi connectivity index (χ3v) is 5.87. The largest absolute Gasteiger partial charge is 0.493 e. The van der Waals surface area contributed by atoms with E-state index in [1.54, 1.807) is 23.1 Å². The first kappa shape index (κ1) is 20.4. The van der Waals surface area contributed by atoms with Gasteiger partial charge in [0.25, 0.3) is 11.8 Å².